The SMILES string of the molecule is COc1cc(N)ccc1/C=C\C(=O)O. The van der Waals surface area contributed by atoms with Crippen LogP contribution in [0.25, 0.3) is 6.08 Å². The number of methoxy groups -OCH3 is 1. The smallest absolute Gasteiger partial charge is 0.328 e. The molecule has 1 rings (SSSR count). The summed E-state index contributed by atoms with van der Waals surface area (Å²) in [5, 5.41) is 8.44. The molecule has 0 saturated carbocycles. The van der Waals surface area contributed by atoms with Crippen LogP contribution in [0.2, 0.25) is 0 Å². The number of aliphatic carboxylic acids is 1. The minimum Gasteiger partial charge on any atom is -0.496 e. The molecular weight excluding hydrogens is 182 g/mol. The second kappa shape index (κ2) is 4.32. The molecule has 0 spiro atoms. The summed E-state index contributed by atoms with van der Waals surface area (Å²) in [7, 11) is 1.51. The minimum atomic E-state index is -0.996. The third-order valence-corrected chi connectivity index (χ3v) is 1.66. The fourth-order valence-corrected chi connectivity index (χ4v) is 1.03. The molecule has 3 N–H and O–H groups in total. The van der Waals surface area contributed by atoms with Gasteiger partial charge in [0, 0.05) is 23.4 Å². The first-order chi connectivity index (χ1) is 6.63. The molecule has 0 fully saturated rings. The Balaban J connectivity index is 3.02. The second-order valence-corrected chi connectivity index (χ2v) is 2.67. The van der Waals surface area contributed by atoms with E-state index in [1.807, 2.05) is 0 Å². The number of benzene rings is 1. The molecular formula is C10H11NO3. The first-order valence-electron chi connectivity index (χ1n) is 3.98. The van der Waals surface area contributed by atoms with Gasteiger partial charge in [0.15, 0.2) is 0 Å². The zero-order valence-corrected chi connectivity index (χ0v) is 7.73. The molecule has 0 radical (unpaired) electrons. The number of ether oxygens (including phenoxy) is 1. The number of carbonyl (C=O) groups is 1. The Bertz CT molecular complexity index is 372. The topological polar surface area (TPSA) is 72.5 Å². The standard InChI is InChI=1S/C10H11NO3/c1-14-9-6-8(11)4-2-7(9)3-5-10(12)13/h2-6H,11H2,1H3,(H,12,13)/b5-3-. The molecule has 0 bridgehead atoms. The van der Waals surface area contributed by atoms with Crippen molar-refractivity contribution in [3.05, 3.63) is 29.8 Å². The van der Waals surface area contributed by atoms with Crippen molar-refractivity contribution in [3.63, 3.8) is 0 Å². The summed E-state index contributed by atoms with van der Waals surface area (Å²) in [4.78, 5) is 10.3. The number of rotatable bonds is 3. The molecule has 0 unspecified atom stereocenters. The summed E-state index contributed by atoms with van der Waals surface area (Å²) in [6.45, 7) is 0. The fraction of sp³-hybridized carbons (Fsp3) is 0.100. The van der Waals surface area contributed by atoms with Crippen LogP contribution in [-0.2, 0) is 4.79 Å². The van der Waals surface area contributed by atoms with E-state index in [9.17, 15) is 4.79 Å². The van der Waals surface area contributed by atoms with E-state index in [0.29, 0.717) is 17.0 Å². The lowest BCUT2D eigenvalue weighted by Gasteiger charge is -2.04. The van der Waals surface area contributed by atoms with E-state index < -0.39 is 5.97 Å². The van der Waals surface area contributed by atoms with Gasteiger partial charge in [0.2, 0.25) is 0 Å². The maximum absolute atomic E-state index is 10.3. The van der Waals surface area contributed by atoms with Gasteiger partial charge in [-0.25, -0.2) is 4.79 Å². The van der Waals surface area contributed by atoms with Gasteiger partial charge in [-0.05, 0) is 18.2 Å². The fourth-order valence-electron chi connectivity index (χ4n) is 1.03. The van der Waals surface area contributed by atoms with Gasteiger partial charge in [0.05, 0.1) is 7.11 Å². The summed E-state index contributed by atoms with van der Waals surface area (Å²) in [5.41, 5.74) is 6.80. The largest absolute Gasteiger partial charge is 0.496 e. The lowest BCUT2D eigenvalue weighted by atomic mass is 10.1. The van der Waals surface area contributed by atoms with Gasteiger partial charge in [-0.15, -0.1) is 0 Å². The zero-order valence-electron chi connectivity index (χ0n) is 7.73. The van der Waals surface area contributed by atoms with E-state index in [-0.39, 0.29) is 0 Å². The number of hydrogen-bond donors (Lipinski definition) is 2. The van der Waals surface area contributed by atoms with E-state index in [1.165, 1.54) is 13.2 Å². The number of carboxylic acids is 1. The average molecular weight is 193 g/mol. The Morgan fingerprint density at radius 3 is 2.86 bits per heavy atom. The number of nitrogen functional groups attached to an aromatic ring is 1. The van der Waals surface area contributed by atoms with Crippen molar-refractivity contribution in [1.82, 2.24) is 0 Å². The van der Waals surface area contributed by atoms with Gasteiger partial charge < -0.3 is 15.6 Å². The van der Waals surface area contributed by atoms with Gasteiger partial charge in [-0.3, -0.25) is 0 Å². The summed E-state index contributed by atoms with van der Waals surface area (Å²) < 4.78 is 5.03. The third kappa shape index (κ3) is 2.52. The highest BCUT2D eigenvalue weighted by Gasteiger charge is 1.99. The van der Waals surface area contributed by atoms with Crippen molar-refractivity contribution in [2.45, 2.75) is 0 Å². The number of carboxylic acid groups (broad SMARTS) is 1. The molecule has 4 heteroatoms. The van der Waals surface area contributed by atoms with Crippen LogP contribution in [-0.4, -0.2) is 18.2 Å². The van der Waals surface area contributed by atoms with Crippen molar-refractivity contribution in [3.8, 4) is 5.75 Å². The molecule has 14 heavy (non-hydrogen) atoms. The lowest BCUT2D eigenvalue weighted by molar-refractivity contribution is -0.131. The summed E-state index contributed by atoms with van der Waals surface area (Å²) in [6.07, 6.45) is 2.51. The van der Waals surface area contributed by atoms with Crippen LogP contribution in [0, 0.1) is 0 Å². The van der Waals surface area contributed by atoms with Crippen LogP contribution in [0.4, 0.5) is 5.69 Å². The van der Waals surface area contributed by atoms with Crippen LogP contribution in [0.5, 0.6) is 5.75 Å². The predicted molar refractivity (Wildman–Crippen MR) is 54.1 cm³/mol. The average Bonchev–Trinajstić information content (AvgIpc) is 2.15. The van der Waals surface area contributed by atoms with Crippen molar-refractivity contribution < 1.29 is 14.6 Å². The Morgan fingerprint density at radius 2 is 2.29 bits per heavy atom. The van der Waals surface area contributed by atoms with Gasteiger partial charge >= 0.3 is 5.97 Å². The van der Waals surface area contributed by atoms with Crippen molar-refractivity contribution in [2.75, 3.05) is 12.8 Å². The monoisotopic (exact) mass is 193 g/mol. The Morgan fingerprint density at radius 1 is 1.57 bits per heavy atom. The van der Waals surface area contributed by atoms with Gasteiger partial charge in [-0.2, -0.15) is 0 Å². The molecule has 0 aromatic heterocycles. The van der Waals surface area contributed by atoms with E-state index in [4.69, 9.17) is 15.6 Å². The molecule has 0 atom stereocenters. The Kier molecular flexibility index (Phi) is 3.12. The molecule has 1 aromatic rings. The van der Waals surface area contributed by atoms with Crippen molar-refractivity contribution >= 4 is 17.7 Å². The molecule has 0 aliphatic carbocycles. The quantitative estimate of drug-likeness (QED) is 0.561. The first kappa shape index (κ1) is 10.1. The predicted octanol–water partition coefficient (Wildman–Crippen LogP) is 1.38. The number of anilines is 1. The maximum Gasteiger partial charge on any atom is 0.328 e. The van der Waals surface area contributed by atoms with E-state index in [1.54, 1.807) is 18.2 Å². The summed E-state index contributed by atoms with van der Waals surface area (Å²) in [5.74, 6) is -0.439. The summed E-state index contributed by atoms with van der Waals surface area (Å²) >= 11 is 0. The third-order valence-electron chi connectivity index (χ3n) is 1.66. The van der Waals surface area contributed by atoms with Crippen LogP contribution >= 0.6 is 0 Å². The van der Waals surface area contributed by atoms with Crippen LogP contribution in [0.3, 0.4) is 0 Å². The summed E-state index contributed by atoms with van der Waals surface area (Å²) in [6, 6.07) is 5.03. The van der Waals surface area contributed by atoms with E-state index in [2.05, 4.69) is 0 Å². The molecule has 0 aliphatic rings. The molecule has 0 aliphatic heterocycles. The number of nitrogens with two attached hydrogens (primary N) is 1. The van der Waals surface area contributed by atoms with Crippen LogP contribution < -0.4 is 10.5 Å². The highest BCUT2D eigenvalue weighted by atomic mass is 16.5. The molecule has 0 amide bonds. The first-order valence-corrected chi connectivity index (χ1v) is 3.98. The zero-order chi connectivity index (χ0) is 10.6. The highest BCUT2D eigenvalue weighted by molar-refractivity contribution is 5.86. The van der Waals surface area contributed by atoms with Gasteiger partial charge in [0.25, 0.3) is 0 Å². The number of hydrogen-bond acceptors (Lipinski definition) is 3. The lowest BCUT2D eigenvalue weighted by Crippen LogP contribution is -1.91. The van der Waals surface area contributed by atoms with E-state index >= 15 is 0 Å². The van der Waals surface area contributed by atoms with E-state index in [0.717, 1.165) is 6.08 Å². The maximum atomic E-state index is 10.3. The molecule has 74 valence electrons. The molecule has 0 saturated heterocycles. The van der Waals surface area contributed by atoms with Crippen molar-refractivity contribution in [2.24, 2.45) is 0 Å². The molecule has 4 nitrogen and oxygen atoms in total. The van der Waals surface area contributed by atoms with Crippen LogP contribution in [0.1, 0.15) is 5.56 Å². The highest BCUT2D eigenvalue weighted by Crippen LogP contribution is 2.22. The van der Waals surface area contributed by atoms with Gasteiger partial charge in [-0.1, -0.05) is 0 Å². The normalized spacial score (nSPS) is 10.4. The van der Waals surface area contributed by atoms with Crippen molar-refractivity contribution in [1.29, 1.82) is 0 Å². The van der Waals surface area contributed by atoms with Gasteiger partial charge in [0.1, 0.15) is 5.75 Å². The Labute approximate surface area is 81.6 Å². The molecule has 1 aromatic carbocycles. The Hall–Kier alpha value is -1.97. The molecule has 0 heterocycles. The van der Waals surface area contributed by atoms with Crippen LogP contribution in [0.15, 0.2) is 24.3 Å². The minimum absolute atomic E-state index is 0.558. The second-order valence-electron chi connectivity index (χ2n) is 2.67.